The molecule has 128 valence electrons. The van der Waals surface area contributed by atoms with Crippen molar-refractivity contribution in [3.05, 3.63) is 71.3 Å². The molecule has 2 nitrogen and oxygen atoms in total. The maximum Gasteiger partial charge on any atom is 0.185 e. The van der Waals surface area contributed by atoms with E-state index in [0.29, 0.717) is 6.04 Å². The Morgan fingerprint density at radius 3 is 2.12 bits per heavy atom. The van der Waals surface area contributed by atoms with Crippen LogP contribution in [0.25, 0.3) is 0 Å². The predicted molar refractivity (Wildman–Crippen MR) is 104 cm³/mol. The highest BCUT2D eigenvalue weighted by atomic mass is 28.4. The van der Waals surface area contributed by atoms with Crippen molar-refractivity contribution in [2.45, 2.75) is 51.0 Å². The molecule has 0 bridgehead atoms. The summed E-state index contributed by atoms with van der Waals surface area (Å²) in [5.74, 6) is 0. The van der Waals surface area contributed by atoms with Crippen LogP contribution in [0.1, 0.15) is 29.5 Å². The van der Waals surface area contributed by atoms with Crippen molar-refractivity contribution < 1.29 is 4.43 Å². The average Bonchev–Trinajstić information content (AvgIpc) is 3.08. The number of nitrogens with one attached hydrogen (secondary N) is 1. The maximum absolute atomic E-state index is 7.00. The van der Waals surface area contributed by atoms with Gasteiger partial charge < -0.3 is 9.74 Å². The zero-order valence-electron chi connectivity index (χ0n) is 15.3. The van der Waals surface area contributed by atoms with Crippen molar-refractivity contribution in [1.29, 1.82) is 0 Å². The molecular formula is C21H29NOSi. The zero-order chi connectivity index (χ0) is 17.2. The Bertz CT molecular complexity index is 656. The van der Waals surface area contributed by atoms with Crippen LogP contribution >= 0.6 is 0 Å². The summed E-state index contributed by atoms with van der Waals surface area (Å²) >= 11 is 0. The van der Waals surface area contributed by atoms with E-state index >= 15 is 0 Å². The molecule has 24 heavy (non-hydrogen) atoms. The third kappa shape index (κ3) is 3.48. The van der Waals surface area contributed by atoms with E-state index < -0.39 is 13.9 Å². The van der Waals surface area contributed by atoms with Gasteiger partial charge in [0.15, 0.2) is 8.32 Å². The van der Waals surface area contributed by atoms with E-state index in [1.54, 1.807) is 0 Å². The predicted octanol–water partition coefficient (Wildman–Crippen LogP) is 4.84. The van der Waals surface area contributed by atoms with Gasteiger partial charge in [-0.1, -0.05) is 60.2 Å². The largest absolute Gasteiger partial charge is 0.403 e. The van der Waals surface area contributed by atoms with E-state index in [0.717, 1.165) is 13.0 Å². The maximum atomic E-state index is 7.00. The second-order valence-corrected chi connectivity index (χ2v) is 12.3. The number of benzene rings is 2. The van der Waals surface area contributed by atoms with E-state index in [2.05, 4.69) is 86.5 Å². The minimum Gasteiger partial charge on any atom is -0.403 e. The van der Waals surface area contributed by atoms with Gasteiger partial charge in [0.05, 0.1) is 0 Å². The van der Waals surface area contributed by atoms with Crippen LogP contribution in [0.5, 0.6) is 0 Å². The van der Waals surface area contributed by atoms with Crippen LogP contribution in [0.4, 0.5) is 0 Å². The van der Waals surface area contributed by atoms with Gasteiger partial charge in [0.1, 0.15) is 5.60 Å². The van der Waals surface area contributed by atoms with E-state index in [1.807, 2.05) is 0 Å². The number of hydrogen-bond acceptors (Lipinski definition) is 2. The molecule has 1 N–H and O–H groups in total. The third-order valence-electron chi connectivity index (χ3n) is 4.70. The first-order valence-corrected chi connectivity index (χ1v) is 12.4. The summed E-state index contributed by atoms with van der Waals surface area (Å²) in [5.41, 5.74) is 3.40. The summed E-state index contributed by atoms with van der Waals surface area (Å²) in [6, 6.07) is 20.0. The quantitative estimate of drug-likeness (QED) is 0.787. The van der Waals surface area contributed by atoms with Crippen molar-refractivity contribution in [2.75, 3.05) is 6.54 Å². The molecule has 1 heterocycles. The lowest BCUT2D eigenvalue weighted by Gasteiger charge is -2.44. The lowest BCUT2D eigenvalue weighted by Crippen LogP contribution is -2.53. The van der Waals surface area contributed by atoms with Gasteiger partial charge in [-0.25, -0.2) is 0 Å². The second-order valence-electron chi connectivity index (χ2n) is 7.83. The normalized spacial score (nSPS) is 20.8. The number of aryl methyl sites for hydroxylation is 1. The monoisotopic (exact) mass is 339 g/mol. The van der Waals surface area contributed by atoms with Crippen LogP contribution in [-0.4, -0.2) is 20.9 Å². The molecule has 0 radical (unpaired) electrons. The van der Waals surface area contributed by atoms with Gasteiger partial charge in [-0.15, -0.1) is 0 Å². The molecule has 2 aromatic carbocycles. The minimum atomic E-state index is -1.78. The Labute approximate surface area is 147 Å². The van der Waals surface area contributed by atoms with Gasteiger partial charge in [0, 0.05) is 6.04 Å². The van der Waals surface area contributed by atoms with Crippen LogP contribution in [0, 0.1) is 6.92 Å². The summed E-state index contributed by atoms with van der Waals surface area (Å²) in [7, 11) is -1.78. The van der Waals surface area contributed by atoms with Crippen LogP contribution < -0.4 is 5.32 Å². The first-order valence-electron chi connectivity index (χ1n) is 8.98. The Hall–Kier alpha value is -1.42. The first-order chi connectivity index (χ1) is 11.4. The van der Waals surface area contributed by atoms with Gasteiger partial charge in [-0.2, -0.15) is 0 Å². The highest BCUT2D eigenvalue weighted by molar-refractivity contribution is 6.69. The highest BCUT2D eigenvalue weighted by Crippen LogP contribution is 2.42. The van der Waals surface area contributed by atoms with Crippen molar-refractivity contribution in [1.82, 2.24) is 5.32 Å². The summed E-state index contributed by atoms with van der Waals surface area (Å²) in [6.07, 6.45) is 2.35. The lowest BCUT2D eigenvalue weighted by molar-refractivity contribution is 0.0639. The third-order valence-corrected chi connectivity index (χ3v) is 5.64. The molecule has 2 atom stereocenters. The minimum absolute atomic E-state index is 0.314. The van der Waals surface area contributed by atoms with Gasteiger partial charge >= 0.3 is 0 Å². The van der Waals surface area contributed by atoms with E-state index in [1.165, 1.54) is 23.1 Å². The van der Waals surface area contributed by atoms with Gasteiger partial charge in [0.2, 0.25) is 0 Å². The molecule has 0 saturated carbocycles. The molecule has 1 aliphatic rings. The molecule has 3 heteroatoms. The van der Waals surface area contributed by atoms with Crippen LogP contribution in [0.3, 0.4) is 0 Å². The molecule has 3 rings (SSSR count). The van der Waals surface area contributed by atoms with E-state index in [9.17, 15) is 0 Å². The second kappa shape index (κ2) is 6.83. The Morgan fingerprint density at radius 2 is 1.58 bits per heavy atom. The molecule has 1 saturated heterocycles. The molecule has 1 unspecified atom stereocenters. The molecular weight excluding hydrogens is 310 g/mol. The summed E-state index contributed by atoms with van der Waals surface area (Å²) in [6.45, 7) is 10.1. The average molecular weight is 340 g/mol. The molecule has 2 aromatic rings. The molecule has 0 spiro atoms. The standard InChI is InChI=1S/C21H29NOSi/c1-17-12-14-19(15-13-17)21(23-24(2,3)4,20-11-8-16-22-20)18-9-6-5-7-10-18/h5-7,9-10,12-15,20,22H,8,11,16H2,1-4H3/t20?,21-/m1/s1. The van der Waals surface area contributed by atoms with Gasteiger partial charge in [-0.3, -0.25) is 0 Å². The van der Waals surface area contributed by atoms with Crippen LogP contribution in [0.2, 0.25) is 19.6 Å². The smallest absolute Gasteiger partial charge is 0.185 e. The van der Waals surface area contributed by atoms with Crippen LogP contribution in [-0.2, 0) is 10.0 Å². The summed E-state index contributed by atoms with van der Waals surface area (Å²) in [5, 5.41) is 3.73. The van der Waals surface area contributed by atoms with Gasteiger partial charge in [0.25, 0.3) is 0 Å². The van der Waals surface area contributed by atoms with Crippen LogP contribution in [0.15, 0.2) is 54.6 Å². The lowest BCUT2D eigenvalue weighted by atomic mass is 9.79. The molecule has 1 fully saturated rings. The first kappa shape index (κ1) is 17.4. The zero-order valence-corrected chi connectivity index (χ0v) is 16.3. The molecule has 0 aromatic heterocycles. The SMILES string of the molecule is Cc1ccc([C@](O[Si](C)(C)C)(c2ccccc2)C2CCCN2)cc1. The molecule has 0 amide bonds. The fourth-order valence-electron chi connectivity index (χ4n) is 3.76. The Balaban J connectivity index is 2.21. The van der Waals surface area contributed by atoms with Crippen molar-refractivity contribution in [3.63, 3.8) is 0 Å². The van der Waals surface area contributed by atoms with E-state index in [-0.39, 0.29) is 0 Å². The summed E-state index contributed by atoms with van der Waals surface area (Å²) < 4.78 is 7.00. The van der Waals surface area contributed by atoms with E-state index in [4.69, 9.17) is 4.43 Å². The van der Waals surface area contributed by atoms with Crippen molar-refractivity contribution in [3.8, 4) is 0 Å². The highest BCUT2D eigenvalue weighted by Gasteiger charge is 2.46. The topological polar surface area (TPSA) is 21.3 Å². The van der Waals surface area contributed by atoms with Crippen molar-refractivity contribution >= 4 is 8.32 Å². The molecule has 1 aliphatic heterocycles. The Morgan fingerprint density at radius 1 is 0.958 bits per heavy atom. The summed E-state index contributed by atoms with van der Waals surface area (Å²) in [4.78, 5) is 0. The number of hydrogen-bond donors (Lipinski definition) is 1. The molecule has 0 aliphatic carbocycles. The van der Waals surface area contributed by atoms with Crippen molar-refractivity contribution in [2.24, 2.45) is 0 Å². The Kier molecular flexibility index (Phi) is 4.95. The fraction of sp³-hybridized carbons (Fsp3) is 0.429. The fourth-order valence-corrected chi connectivity index (χ4v) is 5.10. The number of rotatable bonds is 5. The van der Waals surface area contributed by atoms with Gasteiger partial charge in [-0.05, 0) is 57.1 Å².